The number of nitrogens with zero attached hydrogens (tertiary/aromatic N) is 2. The summed E-state index contributed by atoms with van der Waals surface area (Å²) in [5, 5.41) is 9.94. The van der Waals surface area contributed by atoms with E-state index in [4.69, 9.17) is 0 Å². The van der Waals surface area contributed by atoms with E-state index in [2.05, 4.69) is 0 Å². The summed E-state index contributed by atoms with van der Waals surface area (Å²) in [5.41, 5.74) is 2.68. The lowest BCUT2D eigenvalue weighted by molar-refractivity contribution is -0.153. The molecule has 1 N–H and O–H groups in total. The first-order chi connectivity index (χ1) is 13.9. The van der Waals surface area contributed by atoms with Crippen molar-refractivity contribution in [2.24, 2.45) is 0 Å². The molecule has 2 amide bonds. The van der Waals surface area contributed by atoms with Crippen LogP contribution in [0.4, 0.5) is 4.39 Å². The van der Waals surface area contributed by atoms with Gasteiger partial charge in [0.05, 0.1) is 18.7 Å². The Balaban J connectivity index is 1.89. The Kier molecular flexibility index (Phi) is 6.33. The van der Waals surface area contributed by atoms with Gasteiger partial charge in [0.25, 0.3) is 0 Å². The summed E-state index contributed by atoms with van der Waals surface area (Å²) in [7, 11) is 1.72. The number of aliphatic hydroxyl groups excluding tert-OH is 1. The van der Waals surface area contributed by atoms with Crippen molar-refractivity contribution >= 4 is 11.8 Å². The standard InChI is InChI=1S/C23H27FN2O3/c1-4-22(29)26-20(13-25(3)15(2)28)23(21(26)14-27)17-10-8-16(9-11-17)18-6-5-7-19(24)12-18/h5-12,20-21,23,27H,4,13-14H2,1-3H3/t20-,21+,23-/m0/s1. The number of carbonyl (C=O) groups excluding carboxylic acids is 2. The molecule has 1 fully saturated rings. The fourth-order valence-electron chi connectivity index (χ4n) is 4.12. The predicted molar refractivity (Wildman–Crippen MR) is 110 cm³/mol. The minimum Gasteiger partial charge on any atom is -0.394 e. The van der Waals surface area contributed by atoms with Gasteiger partial charge in [0.1, 0.15) is 5.82 Å². The number of hydrogen-bond donors (Lipinski definition) is 1. The van der Waals surface area contributed by atoms with Crippen molar-refractivity contribution in [3.05, 3.63) is 59.9 Å². The van der Waals surface area contributed by atoms with E-state index in [1.807, 2.05) is 30.3 Å². The molecule has 1 saturated heterocycles. The first kappa shape index (κ1) is 21.0. The van der Waals surface area contributed by atoms with Gasteiger partial charge in [-0.15, -0.1) is 0 Å². The van der Waals surface area contributed by atoms with Gasteiger partial charge in [0.15, 0.2) is 0 Å². The molecule has 0 saturated carbocycles. The highest BCUT2D eigenvalue weighted by molar-refractivity contribution is 5.79. The van der Waals surface area contributed by atoms with Gasteiger partial charge in [-0.05, 0) is 28.8 Å². The normalized spacial score (nSPS) is 20.9. The molecule has 0 spiro atoms. The number of hydrogen-bond acceptors (Lipinski definition) is 3. The summed E-state index contributed by atoms with van der Waals surface area (Å²) >= 11 is 0. The van der Waals surface area contributed by atoms with Crippen molar-refractivity contribution in [2.75, 3.05) is 20.2 Å². The van der Waals surface area contributed by atoms with Gasteiger partial charge in [-0.3, -0.25) is 9.59 Å². The van der Waals surface area contributed by atoms with Crippen molar-refractivity contribution in [3.8, 4) is 11.1 Å². The minimum atomic E-state index is -0.312. The van der Waals surface area contributed by atoms with Crippen LogP contribution in [0.1, 0.15) is 31.7 Å². The van der Waals surface area contributed by atoms with Gasteiger partial charge < -0.3 is 14.9 Å². The smallest absolute Gasteiger partial charge is 0.222 e. The van der Waals surface area contributed by atoms with Crippen LogP contribution in [0.3, 0.4) is 0 Å². The van der Waals surface area contributed by atoms with Crippen LogP contribution in [-0.4, -0.2) is 59.0 Å². The van der Waals surface area contributed by atoms with Gasteiger partial charge in [-0.2, -0.15) is 0 Å². The Morgan fingerprint density at radius 2 is 1.79 bits per heavy atom. The van der Waals surface area contributed by atoms with Crippen LogP contribution in [0.5, 0.6) is 0 Å². The Labute approximate surface area is 170 Å². The molecular weight excluding hydrogens is 371 g/mol. The first-order valence-electron chi connectivity index (χ1n) is 9.87. The molecule has 3 atom stereocenters. The summed E-state index contributed by atoms with van der Waals surface area (Å²) < 4.78 is 13.5. The molecule has 3 rings (SSSR count). The number of carbonyl (C=O) groups is 2. The van der Waals surface area contributed by atoms with Gasteiger partial charge in [0, 0.05) is 32.9 Å². The molecule has 29 heavy (non-hydrogen) atoms. The quantitative estimate of drug-likeness (QED) is 0.814. The molecule has 2 aromatic carbocycles. The molecule has 0 unspecified atom stereocenters. The third kappa shape index (κ3) is 4.17. The van der Waals surface area contributed by atoms with Crippen LogP contribution in [0.25, 0.3) is 11.1 Å². The highest BCUT2D eigenvalue weighted by atomic mass is 19.1. The Morgan fingerprint density at radius 3 is 2.34 bits per heavy atom. The molecule has 2 aromatic rings. The van der Waals surface area contributed by atoms with Crippen LogP contribution in [-0.2, 0) is 9.59 Å². The van der Waals surface area contributed by atoms with Gasteiger partial charge in [-0.25, -0.2) is 4.39 Å². The first-order valence-corrected chi connectivity index (χ1v) is 9.87. The lowest BCUT2D eigenvalue weighted by Crippen LogP contribution is -2.68. The number of rotatable bonds is 6. The summed E-state index contributed by atoms with van der Waals surface area (Å²) in [6, 6.07) is 13.7. The monoisotopic (exact) mass is 398 g/mol. The van der Waals surface area contributed by atoms with Crippen molar-refractivity contribution in [3.63, 3.8) is 0 Å². The van der Waals surface area contributed by atoms with Crippen LogP contribution < -0.4 is 0 Å². The molecule has 0 bridgehead atoms. The lowest BCUT2D eigenvalue weighted by atomic mass is 9.74. The van der Waals surface area contributed by atoms with E-state index in [1.165, 1.54) is 19.1 Å². The molecule has 1 heterocycles. The fraction of sp³-hybridized carbons (Fsp3) is 0.391. The number of likely N-dealkylation sites (tertiary alicyclic amines) is 1. The summed E-state index contributed by atoms with van der Waals surface area (Å²) in [6.07, 6.45) is 0.349. The molecule has 1 aliphatic rings. The molecule has 1 aliphatic heterocycles. The SMILES string of the molecule is CCC(=O)N1[C@H](CO)[C@@H](c2ccc(-c3cccc(F)c3)cc2)[C@@H]1CN(C)C(C)=O. The van der Waals surface area contributed by atoms with Crippen molar-refractivity contribution in [1.29, 1.82) is 0 Å². The summed E-state index contributed by atoms with van der Waals surface area (Å²) in [5.74, 6) is -0.453. The van der Waals surface area contributed by atoms with Crippen molar-refractivity contribution in [1.82, 2.24) is 9.80 Å². The highest BCUT2D eigenvalue weighted by Gasteiger charge is 2.50. The number of benzene rings is 2. The van der Waals surface area contributed by atoms with Crippen LogP contribution in [0, 0.1) is 5.82 Å². The minimum absolute atomic E-state index is 0.0290. The summed E-state index contributed by atoms with van der Waals surface area (Å²) in [6.45, 7) is 3.57. The van der Waals surface area contributed by atoms with E-state index in [1.54, 1.807) is 29.8 Å². The van der Waals surface area contributed by atoms with Gasteiger partial charge >= 0.3 is 0 Å². The number of aliphatic hydroxyl groups is 1. The molecule has 6 heteroatoms. The Hall–Kier alpha value is -2.73. The molecule has 154 valence electrons. The van der Waals surface area contributed by atoms with E-state index in [9.17, 15) is 19.1 Å². The lowest BCUT2D eigenvalue weighted by Gasteiger charge is -2.55. The van der Waals surface area contributed by atoms with Crippen LogP contribution in [0.2, 0.25) is 0 Å². The second kappa shape index (κ2) is 8.74. The zero-order chi connectivity index (χ0) is 21.1. The third-order valence-electron chi connectivity index (χ3n) is 5.77. The Morgan fingerprint density at radius 1 is 1.10 bits per heavy atom. The number of amides is 2. The van der Waals surface area contributed by atoms with Crippen LogP contribution in [0.15, 0.2) is 48.5 Å². The zero-order valence-corrected chi connectivity index (χ0v) is 17.0. The van der Waals surface area contributed by atoms with E-state index in [-0.39, 0.29) is 42.2 Å². The predicted octanol–water partition coefficient (Wildman–Crippen LogP) is 3.04. The van der Waals surface area contributed by atoms with E-state index < -0.39 is 0 Å². The number of likely N-dealkylation sites (N-methyl/N-ethyl adjacent to an activating group) is 1. The van der Waals surface area contributed by atoms with E-state index in [0.717, 1.165) is 16.7 Å². The average molecular weight is 398 g/mol. The average Bonchev–Trinajstić information content (AvgIpc) is 2.70. The fourth-order valence-corrected chi connectivity index (χ4v) is 4.12. The van der Waals surface area contributed by atoms with Crippen LogP contribution >= 0.6 is 0 Å². The molecule has 0 aromatic heterocycles. The topological polar surface area (TPSA) is 60.9 Å². The highest BCUT2D eigenvalue weighted by Crippen LogP contribution is 2.42. The molecule has 5 nitrogen and oxygen atoms in total. The van der Waals surface area contributed by atoms with Gasteiger partial charge in [0.2, 0.25) is 11.8 Å². The van der Waals surface area contributed by atoms with Gasteiger partial charge in [-0.1, -0.05) is 43.3 Å². The van der Waals surface area contributed by atoms with Crippen molar-refractivity contribution in [2.45, 2.75) is 38.3 Å². The largest absolute Gasteiger partial charge is 0.394 e. The van der Waals surface area contributed by atoms with E-state index >= 15 is 0 Å². The van der Waals surface area contributed by atoms with Crippen molar-refractivity contribution < 1.29 is 19.1 Å². The molecule has 0 aliphatic carbocycles. The maximum absolute atomic E-state index is 13.5. The molecule has 0 radical (unpaired) electrons. The maximum atomic E-state index is 13.5. The number of halogens is 1. The Bertz CT molecular complexity index is 884. The van der Waals surface area contributed by atoms with E-state index in [0.29, 0.717) is 13.0 Å². The molecular formula is C23H27FN2O3. The maximum Gasteiger partial charge on any atom is 0.222 e. The summed E-state index contributed by atoms with van der Waals surface area (Å²) in [4.78, 5) is 27.5. The zero-order valence-electron chi connectivity index (χ0n) is 17.0. The second-order valence-corrected chi connectivity index (χ2v) is 7.53. The second-order valence-electron chi connectivity index (χ2n) is 7.53. The third-order valence-corrected chi connectivity index (χ3v) is 5.77.